The van der Waals surface area contributed by atoms with Crippen molar-refractivity contribution < 1.29 is 9.53 Å². The summed E-state index contributed by atoms with van der Waals surface area (Å²) in [6.45, 7) is 6.65. The van der Waals surface area contributed by atoms with Gasteiger partial charge in [-0.1, -0.05) is 24.8 Å². The zero-order valence-electron chi connectivity index (χ0n) is 18.4. The number of para-hydroxylation sites is 1. The summed E-state index contributed by atoms with van der Waals surface area (Å²) >= 11 is 0. The first-order chi connectivity index (χ1) is 16.0. The Hall–Kier alpha value is -4.20. The van der Waals surface area contributed by atoms with Crippen molar-refractivity contribution in [1.29, 1.82) is 5.41 Å². The Balaban J connectivity index is 1.55. The van der Waals surface area contributed by atoms with E-state index >= 15 is 0 Å². The highest BCUT2D eigenvalue weighted by Crippen LogP contribution is 2.29. The third kappa shape index (κ3) is 4.85. The molecule has 4 N–H and O–H groups in total. The molecule has 1 aliphatic rings. The molecule has 168 valence electrons. The van der Waals surface area contributed by atoms with Crippen LogP contribution < -0.4 is 15.8 Å². The van der Waals surface area contributed by atoms with Crippen LogP contribution in [0.25, 0.3) is 0 Å². The van der Waals surface area contributed by atoms with Crippen LogP contribution in [0, 0.1) is 12.3 Å². The highest BCUT2D eigenvalue weighted by molar-refractivity contribution is 6.16. The molecular formula is C25H26N6O2. The summed E-state index contributed by atoms with van der Waals surface area (Å²) in [5.74, 6) is 2.06. The van der Waals surface area contributed by atoms with Crippen LogP contribution in [-0.4, -0.2) is 45.6 Å². The summed E-state index contributed by atoms with van der Waals surface area (Å²) in [5, 5.41) is 12.2. The molecule has 33 heavy (non-hydrogen) atoms. The van der Waals surface area contributed by atoms with Crippen molar-refractivity contribution in [2.24, 2.45) is 0 Å². The zero-order chi connectivity index (χ0) is 23.4. The molecule has 1 fully saturated rings. The second-order valence-corrected chi connectivity index (χ2v) is 7.87. The summed E-state index contributed by atoms with van der Waals surface area (Å²) in [5.41, 5.74) is 8.37. The quantitative estimate of drug-likeness (QED) is 0.379. The number of likely N-dealkylation sites (tertiary alicyclic amines) is 1. The van der Waals surface area contributed by atoms with E-state index in [1.54, 1.807) is 4.90 Å². The number of amides is 1. The van der Waals surface area contributed by atoms with Crippen LogP contribution in [0.4, 0.5) is 11.6 Å². The monoisotopic (exact) mass is 442 g/mol. The van der Waals surface area contributed by atoms with Crippen LogP contribution >= 0.6 is 0 Å². The summed E-state index contributed by atoms with van der Waals surface area (Å²) in [4.78, 5) is 22.1. The van der Waals surface area contributed by atoms with Crippen molar-refractivity contribution >= 4 is 23.3 Å². The highest BCUT2D eigenvalue weighted by Gasteiger charge is 2.27. The van der Waals surface area contributed by atoms with E-state index in [0.717, 1.165) is 17.7 Å². The molecular weight excluding hydrogens is 416 g/mol. The topological polar surface area (TPSA) is 117 Å². The number of aryl methyl sites for hydroxylation is 1. The number of anilines is 2. The molecule has 1 aromatic heterocycles. The fourth-order valence-electron chi connectivity index (χ4n) is 3.84. The number of aromatic nitrogens is 2. The van der Waals surface area contributed by atoms with Gasteiger partial charge in [0.15, 0.2) is 0 Å². The SMILES string of the molecule is C=CC(=O)N1CCC(Nc2ncnc(N)c2C(=N)c2ccc(Oc3ccccc3)c(C)c2)C1. The molecule has 0 saturated carbocycles. The second kappa shape index (κ2) is 9.52. The Morgan fingerprint density at radius 3 is 2.79 bits per heavy atom. The molecule has 8 nitrogen and oxygen atoms in total. The van der Waals surface area contributed by atoms with Crippen molar-refractivity contribution in [2.75, 3.05) is 24.1 Å². The molecule has 4 rings (SSSR count). The number of benzene rings is 2. The predicted octanol–water partition coefficient (Wildman–Crippen LogP) is 3.77. The standard InChI is InChI=1S/C25H26N6O2/c1-3-21(32)31-12-11-18(14-31)30-25-22(24(27)28-15-29-25)23(26)17-9-10-20(16(2)13-17)33-19-7-5-4-6-8-19/h3-10,13,15,18,26H,1,11-12,14H2,2H3,(H3,27,28,29,30). The first-order valence-corrected chi connectivity index (χ1v) is 10.7. The van der Waals surface area contributed by atoms with Crippen molar-refractivity contribution in [2.45, 2.75) is 19.4 Å². The Labute approximate surface area is 192 Å². The number of hydrogen-bond acceptors (Lipinski definition) is 7. The fraction of sp³-hybridized carbons (Fsp3) is 0.200. The molecule has 3 aromatic rings. The minimum atomic E-state index is -0.0947. The van der Waals surface area contributed by atoms with Gasteiger partial charge in [-0.2, -0.15) is 0 Å². The molecule has 8 heteroatoms. The van der Waals surface area contributed by atoms with Crippen LogP contribution in [0.1, 0.15) is 23.1 Å². The third-order valence-electron chi connectivity index (χ3n) is 5.58. The largest absolute Gasteiger partial charge is 0.457 e. The molecule has 2 aromatic carbocycles. The van der Waals surface area contributed by atoms with Crippen LogP contribution in [0.2, 0.25) is 0 Å². The average molecular weight is 443 g/mol. The van der Waals surface area contributed by atoms with E-state index in [4.69, 9.17) is 15.9 Å². The smallest absolute Gasteiger partial charge is 0.246 e. The van der Waals surface area contributed by atoms with E-state index in [1.807, 2.05) is 55.5 Å². The molecule has 0 aliphatic carbocycles. The molecule has 1 atom stereocenters. The van der Waals surface area contributed by atoms with Gasteiger partial charge in [-0.15, -0.1) is 0 Å². The van der Waals surface area contributed by atoms with Gasteiger partial charge in [-0.25, -0.2) is 9.97 Å². The molecule has 1 amide bonds. The van der Waals surface area contributed by atoms with E-state index in [0.29, 0.717) is 35.8 Å². The van der Waals surface area contributed by atoms with Gasteiger partial charge in [0.05, 0.1) is 11.3 Å². The van der Waals surface area contributed by atoms with E-state index < -0.39 is 0 Å². The molecule has 1 saturated heterocycles. The van der Waals surface area contributed by atoms with Crippen molar-refractivity contribution in [3.8, 4) is 11.5 Å². The van der Waals surface area contributed by atoms with Gasteiger partial charge in [-0.3, -0.25) is 10.2 Å². The Bertz CT molecular complexity index is 1190. The first-order valence-electron chi connectivity index (χ1n) is 10.7. The van der Waals surface area contributed by atoms with Crippen LogP contribution in [0.15, 0.2) is 67.5 Å². The first kappa shape index (κ1) is 22.0. The Morgan fingerprint density at radius 2 is 2.06 bits per heavy atom. The van der Waals surface area contributed by atoms with E-state index in [9.17, 15) is 4.79 Å². The predicted molar refractivity (Wildman–Crippen MR) is 129 cm³/mol. The van der Waals surface area contributed by atoms with Gasteiger partial charge in [-0.05, 0) is 55.3 Å². The average Bonchev–Trinajstić information content (AvgIpc) is 3.29. The summed E-state index contributed by atoms with van der Waals surface area (Å²) in [6, 6.07) is 15.1. The number of hydrogen-bond donors (Lipinski definition) is 3. The number of nitrogens with one attached hydrogen (secondary N) is 2. The summed E-state index contributed by atoms with van der Waals surface area (Å²) < 4.78 is 5.95. The molecule has 0 spiro atoms. The van der Waals surface area contributed by atoms with Gasteiger partial charge in [0.1, 0.15) is 29.5 Å². The normalized spacial score (nSPS) is 15.2. The molecule has 1 unspecified atom stereocenters. The lowest BCUT2D eigenvalue weighted by Crippen LogP contribution is -2.30. The minimum Gasteiger partial charge on any atom is -0.457 e. The maximum Gasteiger partial charge on any atom is 0.246 e. The van der Waals surface area contributed by atoms with Crippen LogP contribution in [0.3, 0.4) is 0 Å². The van der Waals surface area contributed by atoms with Gasteiger partial charge in [0, 0.05) is 24.7 Å². The fourth-order valence-corrected chi connectivity index (χ4v) is 3.84. The van der Waals surface area contributed by atoms with E-state index in [-0.39, 0.29) is 23.5 Å². The molecule has 0 bridgehead atoms. The summed E-state index contributed by atoms with van der Waals surface area (Å²) in [6.07, 6.45) is 3.46. The van der Waals surface area contributed by atoms with Gasteiger partial charge in [0.25, 0.3) is 0 Å². The van der Waals surface area contributed by atoms with Gasteiger partial charge >= 0.3 is 0 Å². The zero-order valence-corrected chi connectivity index (χ0v) is 18.4. The maximum atomic E-state index is 11.9. The Morgan fingerprint density at radius 1 is 1.27 bits per heavy atom. The van der Waals surface area contributed by atoms with Gasteiger partial charge < -0.3 is 20.7 Å². The van der Waals surface area contributed by atoms with Crippen molar-refractivity contribution in [1.82, 2.24) is 14.9 Å². The number of carbonyl (C=O) groups excluding carboxylic acids is 1. The second-order valence-electron chi connectivity index (χ2n) is 7.87. The Kier molecular flexibility index (Phi) is 6.35. The number of nitrogen functional groups attached to an aromatic ring is 1. The lowest BCUT2D eigenvalue weighted by molar-refractivity contribution is -0.125. The van der Waals surface area contributed by atoms with E-state index in [2.05, 4.69) is 21.9 Å². The lowest BCUT2D eigenvalue weighted by Gasteiger charge is -2.19. The maximum absolute atomic E-state index is 11.9. The number of carbonyl (C=O) groups is 1. The van der Waals surface area contributed by atoms with E-state index in [1.165, 1.54) is 12.4 Å². The summed E-state index contributed by atoms with van der Waals surface area (Å²) in [7, 11) is 0. The lowest BCUT2D eigenvalue weighted by atomic mass is 10.0. The highest BCUT2D eigenvalue weighted by atomic mass is 16.5. The van der Waals surface area contributed by atoms with Crippen LogP contribution in [0.5, 0.6) is 11.5 Å². The van der Waals surface area contributed by atoms with Crippen molar-refractivity contribution in [3.63, 3.8) is 0 Å². The molecule has 2 heterocycles. The van der Waals surface area contributed by atoms with Crippen LogP contribution in [-0.2, 0) is 4.79 Å². The number of ether oxygens (including phenoxy) is 1. The number of nitrogens with two attached hydrogens (primary N) is 1. The number of rotatable bonds is 7. The molecule has 1 aliphatic heterocycles. The van der Waals surface area contributed by atoms with Gasteiger partial charge in [0.2, 0.25) is 5.91 Å². The minimum absolute atomic E-state index is 0.00173. The van der Waals surface area contributed by atoms with Crippen molar-refractivity contribution in [3.05, 3.63) is 84.2 Å². The number of nitrogens with zero attached hydrogens (tertiary/aromatic N) is 3. The third-order valence-corrected chi connectivity index (χ3v) is 5.58. The molecule has 0 radical (unpaired) electrons.